The van der Waals surface area contributed by atoms with Gasteiger partial charge in [-0.25, -0.2) is 0 Å². The fourth-order valence-corrected chi connectivity index (χ4v) is 3.23. The highest BCUT2D eigenvalue weighted by atomic mass is 79.9. The van der Waals surface area contributed by atoms with Crippen LogP contribution in [0.25, 0.3) is 0 Å². The Hall–Kier alpha value is -0.420. The monoisotopic (exact) mass is 354 g/mol. The molecule has 0 heterocycles. The topological polar surface area (TPSA) is 38.5 Å². The first-order valence-corrected chi connectivity index (χ1v) is 8.65. The highest BCUT2D eigenvalue weighted by Crippen LogP contribution is 2.35. The Morgan fingerprint density at radius 2 is 2.14 bits per heavy atom. The van der Waals surface area contributed by atoms with Gasteiger partial charge in [0.15, 0.2) is 0 Å². The van der Waals surface area contributed by atoms with E-state index in [1.807, 2.05) is 6.07 Å². The Kier molecular flexibility index (Phi) is 6.68. The molecule has 0 spiro atoms. The van der Waals surface area contributed by atoms with E-state index in [4.69, 9.17) is 10.5 Å². The Morgan fingerprint density at radius 3 is 2.76 bits per heavy atom. The smallest absolute Gasteiger partial charge is 0.0589 e. The molecule has 0 bridgehead atoms. The predicted octanol–water partition coefficient (Wildman–Crippen LogP) is 3.59. The van der Waals surface area contributed by atoms with Gasteiger partial charge in [-0.05, 0) is 49.8 Å². The van der Waals surface area contributed by atoms with Gasteiger partial charge in [0.25, 0.3) is 0 Å². The van der Waals surface area contributed by atoms with Crippen LogP contribution in [-0.4, -0.2) is 37.7 Å². The molecular weight excluding hydrogens is 328 g/mol. The molecule has 1 saturated carbocycles. The van der Waals surface area contributed by atoms with Crippen LogP contribution in [0.5, 0.6) is 0 Å². The Bertz CT molecular complexity index is 437. The van der Waals surface area contributed by atoms with E-state index in [0.29, 0.717) is 6.04 Å². The van der Waals surface area contributed by atoms with Crippen molar-refractivity contribution in [3.63, 3.8) is 0 Å². The van der Waals surface area contributed by atoms with Crippen molar-refractivity contribution >= 4 is 15.9 Å². The van der Waals surface area contributed by atoms with E-state index < -0.39 is 0 Å². The summed E-state index contributed by atoms with van der Waals surface area (Å²) >= 11 is 3.51. The van der Waals surface area contributed by atoms with E-state index in [-0.39, 0.29) is 6.04 Å². The quantitative estimate of drug-likeness (QED) is 0.736. The molecule has 3 nitrogen and oxygen atoms in total. The average molecular weight is 355 g/mol. The first-order chi connectivity index (χ1) is 10.1. The molecule has 4 heteroatoms. The number of methoxy groups -OCH3 is 1. The fourth-order valence-electron chi connectivity index (χ4n) is 2.81. The number of rotatable bonds is 9. The molecule has 2 unspecified atom stereocenters. The van der Waals surface area contributed by atoms with Crippen LogP contribution >= 0.6 is 15.9 Å². The maximum absolute atomic E-state index is 6.35. The molecule has 1 aromatic carbocycles. The van der Waals surface area contributed by atoms with Gasteiger partial charge in [-0.15, -0.1) is 0 Å². The zero-order valence-corrected chi connectivity index (χ0v) is 14.7. The highest BCUT2D eigenvalue weighted by molar-refractivity contribution is 9.10. The molecule has 0 aromatic heterocycles. The number of nitrogens with zero attached hydrogens (tertiary/aromatic N) is 1. The van der Waals surface area contributed by atoms with Crippen molar-refractivity contribution in [2.45, 2.75) is 38.3 Å². The second-order valence-corrected chi connectivity index (χ2v) is 6.97. The minimum atomic E-state index is 0.0962. The summed E-state index contributed by atoms with van der Waals surface area (Å²) in [5, 5.41) is 0. The van der Waals surface area contributed by atoms with Crippen LogP contribution in [0.15, 0.2) is 28.7 Å². The lowest BCUT2D eigenvalue weighted by Gasteiger charge is -2.30. The lowest BCUT2D eigenvalue weighted by atomic mass is 10.0. The van der Waals surface area contributed by atoms with E-state index in [2.05, 4.69) is 46.0 Å². The molecule has 0 radical (unpaired) electrons. The molecule has 2 N–H and O–H groups in total. The van der Waals surface area contributed by atoms with Crippen LogP contribution in [0.3, 0.4) is 0 Å². The second-order valence-electron chi connectivity index (χ2n) is 6.06. The summed E-state index contributed by atoms with van der Waals surface area (Å²) < 4.78 is 6.35. The third-order valence-electron chi connectivity index (χ3n) is 4.47. The lowest BCUT2D eigenvalue weighted by molar-refractivity contribution is 0.114. The number of nitrogens with two attached hydrogens (primary N) is 1. The standard InChI is InChI=1S/C17H27BrN2O/c1-13(14-6-7-14)20(10-11-21-2)9-8-17(19)15-4-3-5-16(18)12-15/h3-5,12-14,17H,6-11,19H2,1-2H3. The van der Waals surface area contributed by atoms with Crippen LogP contribution < -0.4 is 5.73 Å². The van der Waals surface area contributed by atoms with Crippen molar-refractivity contribution in [2.75, 3.05) is 26.8 Å². The number of halogens is 1. The molecule has 21 heavy (non-hydrogen) atoms. The van der Waals surface area contributed by atoms with E-state index in [1.165, 1.54) is 18.4 Å². The highest BCUT2D eigenvalue weighted by Gasteiger charge is 2.31. The summed E-state index contributed by atoms with van der Waals surface area (Å²) in [5.41, 5.74) is 7.56. The van der Waals surface area contributed by atoms with Crippen LogP contribution in [0.4, 0.5) is 0 Å². The molecule has 2 atom stereocenters. The van der Waals surface area contributed by atoms with Gasteiger partial charge < -0.3 is 10.5 Å². The molecule has 0 amide bonds. The van der Waals surface area contributed by atoms with Gasteiger partial charge in [-0.3, -0.25) is 4.90 Å². The van der Waals surface area contributed by atoms with Crippen LogP contribution in [0.1, 0.15) is 37.8 Å². The molecular formula is C17H27BrN2O. The fraction of sp³-hybridized carbons (Fsp3) is 0.647. The van der Waals surface area contributed by atoms with Crippen molar-refractivity contribution in [2.24, 2.45) is 11.7 Å². The molecule has 1 aromatic rings. The first-order valence-electron chi connectivity index (χ1n) is 7.86. The van der Waals surface area contributed by atoms with Crippen molar-refractivity contribution in [1.82, 2.24) is 4.90 Å². The third-order valence-corrected chi connectivity index (χ3v) is 4.96. The van der Waals surface area contributed by atoms with Crippen LogP contribution in [0.2, 0.25) is 0 Å². The summed E-state index contributed by atoms with van der Waals surface area (Å²) in [5.74, 6) is 0.879. The summed E-state index contributed by atoms with van der Waals surface area (Å²) in [6.07, 6.45) is 3.74. The second kappa shape index (κ2) is 8.28. The average Bonchev–Trinajstić information content (AvgIpc) is 3.31. The number of hydrogen-bond donors (Lipinski definition) is 1. The summed E-state index contributed by atoms with van der Waals surface area (Å²) in [7, 11) is 1.77. The van der Waals surface area contributed by atoms with E-state index >= 15 is 0 Å². The number of ether oxygens (including phenoxy) is 1. The molecule has 0 aliphatic heterocycles. The van der Waals surface area contributed by atoms with Gasteiger partial charge in [-0.1, -0.05) is 28.1 Å². The SMILES string of the molecule is COCCN(CCC(N)c1cccc(Br)c1)C(C)C1CC1. The van der Waals surface area contributed by atoms with E-state index in [1.54, 1.807) is 7.11 Å². The Balaban J connectivity index is 1.87. The molecule has 1 aliphatic rings. The zero-order valence-electron chi connectivity index (χ0n) is 13.1. The largest absolute Gasteiger partial charge is 0.383 e. The third kappa shape index (κ3) is 5.37. The molecule has 1 fully saturated rings. The zero-order chi connectivity index (χ0) is 15.2. The minimum absolute atomic E-state index is 0.0962. The van der Waals surface area contributed by atoms with Crippen molar-refractivity contribution in [1.29, 1.82) is 0 Å². The number of hydrogen-bond acceptors (Lipinski definition) is 3. The van der Waals surface area contributed by atoms with Crippen LogP contribution in [0, 0.1) is 5.92 Å². The van der Waals surface area contributed by atoms with Crippen LogP contribution in [-0.2, 0) is 4.74 Å². The van der Waals surface area contributed by atoms with Gasteiger partial charge in [0, 0.05) is 36.8 Å². The number of benzene rings is 1. The maximum atomic E-state index is 6.35. The normalized spacial score (nSPS) is 18.0. The molecule has 2 rings (SSSR count). The predicted molar refractivity (Wildman–Crippen MR) is 91.3 cm³/mol. The molecule has 0 saturated heterocycles. The first kappa shape index (κ1) is 16.9. The maximum Gasteiger partial charge on any atom is 0.0589 e. The summed E-state index contributed by atoms with van der Waals surface area (Å²) in [6, 6.07) is 9.06. The summed E-state index contributed by atoms with van der Waals surface area (Å²) in [4.78, 5) is 2.54. The van der Waals surface area contributed by atoms with Crippen molar-refractivity contribution in [3.8, 4) is 0 Å². The van der Waals surface area contributed by atoms with E-state index in [9.17, 15) is 0 Å². The minimum Gasteiger partial charge on any atom is -0.383 e. The Morgan fingerprint density at radius 1 is 1.38 bits per heavy atom. The lowest BCUT2D eigenvalue weighted by Crippen LogP contribution is -2.38. The van der Waals surface area contributed by atoms with Gasteiger partial charge in [0.05, 0.1) is 6.61 Å². The van der Waals surface area contributed by atoms with Gasteiger partial charge in [0.1, 0.15) is 0 Å². The molecule has 1 aliphatic carbocycles. The summed E-state index contributed by atoms with van der Waals surface area (Å²) in [6.45, 7) is 5.18. The van der Waals surface area contributed by atoms with Gasteiger partial charge in [-0.2, -0.15) is 0 Å². The van der Waals surface area contributed by atoms with E-state index in [0.717, 1.165) is 36.5 Å². The molecule has 118 valence electrons. The van der Waals surface area contributed by atoms with Gasteiger partial charge in [0.2, 0.25) is 0 Å². The van der Waals surface area contributed by atoms with Crippen molar-refractivity contribution < 1.29 is 4.74 Å². The van der Waals surface area contributed by atoms with Gasteiger partial charge >= 0.3 is 0 Å². The van der Waals surface area contributed by atoms with Crippen molar-refractivity contribution in [3.05, 3.63) is 34.3 Å². The Labute approximate surface area is 137 Å².